The number of amides is 2. The fraction of sp³-hybridized carbons (Fsp3) is 0.133. The Kier molecular flexibility index (Phi) is 5.71. The van der Waals surface area contributed by atoms with Crippen molar-refractivity contribution >= 4 is 23.2 Å². The number of ether oxygens (including phenoxy) is 1. The van der Waals surface area contributed by atoms with E-state index in [-0.39, 0.29) is 11.8 Å². The maximum Gasteiger partial charge on any atom is 0.266 e. The number of imide groups is 1. The van der Waals surface area contributed by atoms with Gasteiger partial charge in [0.2, 0.25) is 5.91 Å². The van der Waals surface area contributed by atoms with Crippen LogP contribution >= 0.6 is 0 Å². The van der Waals surface area contributed by atoms with Crippen LogP contribution in [0.2, 0.25) is 0 Å². The quantitative estimate of drug-likeness (QED) is 0.353. The lowest BCUT2D eigenvalue weighted by atomic mass is 9.90. The third-order valence-corrected chi connectivity index (χ3v) is 6.61. The van der Waals surface area contributed by atoms with Crippen LogP contribution in [0.3, 0.4) is 0 Å². The van der Waals surface area contributed by atoms with E-state index in [1.54, 1.807) is 17.2 Å². The molecule has 0 saturated carbocycles. The fourth-order valence-corrected chi connectivity index (χ4v) is 4.89. The predicted octanol–water partition coefficient (Wildman–Crippen LogP) is 5.32. The molecule has 0 N–H and O–H groups in total. The van der Waals surface area contributed by atoms with E-state index in [9.17, 15) is 9.59 Å². The predicted molar refractivity (Wildman–Crippen MR) is 136 cm³/mol. The molecular weight excluding hydrogens is 452 g/mol. The molecule has 3 atom stereocenters. The smallest absolute Gasteiger partial charge is 0.266 e. The van der Waals surface area contributed by atoms with E-state index in [1.807, 2.05) is 103 Å². The summed E-state index contributed by atoms with van der Waals surface area (Å²) in [4.78, 5) is 34.5. The molecule has 0 aliphatic carbocycles. The highest BCUT2D eigenvalue weighted by molar-refractivity contribution is 6.23. The maximum atomic E-state index is 13.7. The largest absolute Gasteiger partial charge is 0.489 e. The minimum absolute atomic E-state index is 0.260. The lowest BCUT2D eigenvalue weighted by Crippen LogP contribution is -2.37. The summed E-state index contributed by atoms with van der Waals surface area (Å²) in [5.74, 6) is -0.551. The van der Waals surface area contributed by atoms with Crippen molar-refractivity contribution in [2.75, 3.05) is 9.96 Å². The van der Waals surface area contributed by atoms with Crippen LogP contribution in [0.4, 0.5) is 11.4 Å². The molecular formula is C30H24N2O4. The average Bonchev–Trinajstić information content (AvgIpc) is 3.45. The second kappa shape index (κ2) is 9.32. The highest BCUT2D eigenvalue weighted by Gasteiger charge is 2.60. The highest BCUT2D eigenvalue weighted by atomic mass is 16.7. The van der Waals surface area contributed by atoms with Crippen molar-refractivity contribution in [1.82, 2.24) is 0 Å². The zero-order valence-corrected chi connectivity index (χ0v) is 19.4. The standard InChI is InChI=1S/C30H24N2O4/c33-29-26-27(22-16-18-25(19-17-22)35-20-21-10-4-1-5-11-21)32(24-14-8-3-9-15-24)36-28(26)30(34)31(29)23-12-6-2-7-13-23/h1-19,26-28H,20H2/t26-,27-,28+/m1/s1. The number of carbonyl (C=O) groups excluding carboxylic acids is 2. The molecule has 4 aromatic carbocycles. The van der Waals surface area contributed by atoms with Gasteiger partial charge >= 0.3 is 0 Å². The first-order valence-corrected chi connectivity index (χ1v) is 11.9. The molecule has 0 aromatic heterocycles. The molecule has 36 heavy (non-hydrogen) atoms. The Hall–Kier alpha value is -4.42. The Morgan fingerprint density at radius 2 is 1.25 bits per heavy atom. The highest BCUT2D eigenvalue weighted by Crippen LogP contribution is 2.47. The summed E-state index contributed by atoms with van der Waals surface area (Å²) in [5, 5.41) is 1.70. The zero-order valence-electron chi connectivity index (χ0n) is 19.4. The molecule has 2 aliphatic rings. The third-order valence-electron chi connectivity index (χ3n) is 6.61. The summed E-state index contributed by atoms with van der Waals surface area (Å²) in [6, 6.07) is 35.7. The van der Waals surface area contributed by atoms with Crippen molar-refractivity contribution in [3.63, 3.8) is 0 Å². The lowest BCUT2D eigenvalue weighted by Gasteiger charge is -2.28. The van der Waals surface area contributed by atoms with Gasteiger partial charge in [0.05, 0.1) is 17.4 Å². The first-order chi connectivity index (χ1) is 17.7. The van der Waals surface area contributed by atoms with Crippen LogP contribution in [0.15, 0.2) is 115 Å². The summed E-state index contributed by atoms with van der Waals surface area (Å²) in [5.41, 5.74) is 3.29. The summed E-state index contributed by atoms with van der Waals surface area (Å²) < 4.78 is 5.95. The molecule has 178 valence electrons. The van der Waals surface area contributed by atoms with Crippen LogP contribution in [0.1, 0.15) is 17.2 Å². The van der Waals surface area contributed by atoms with Gasteiger partial charge in [-0.15, -0.1) is 0 Å². The molecule has 2 heterocycles. The number of anilines is 2. The number of rotatable bonds is 6. The van der Waals surface area contributed by atoms with Crippen molar-refractivity contribution in [3.05, 3.63) is 126 Å². The summed E-state index contributed by atoms with van der Waals surface area (Å²) in [6.45, 7) is 0.465. The molecule has 0 radical (unpaired) electrons. The Balaban J connectivity index is 1.31. The second-order valence-electron chi connectivity index (χ2n) is 8.85. The number of fused-ring (bicyclic) bond motifs is 1. The third kappa shape index (κ3) is 3.91. The van der Waals surface area contributed by atoms with E-state index >= 15 is 0 Å². The zero-order chi connectivity index (χ0) is 24.5. The van der Waals surface area contributed by atoms with Crippen LogP contribution in [-0.2, 0) is 21.0 Å². The molecule has 0 spiro atoms. The molecule has 2 fully saturated rings. The number of hydroxylamine groups is 1. The molecule has 2 saturated heterocycles. The van der Waals surface area contributed by atoms with E-state index in [1.165, 1.54) is 4.90 Å². The van der Waals surface area contributed by atoms with Crippen molar-refractivity contribution in [2.45, 2.75) is 18.8 Å². The van der Waals surface area contributed by atoms with Gasteiger partial charge in [0, 0.05) is 0 Å². The summed E-state index contributed by atoms with van der Waals surface area (Å²) in [7, 11) is 0. The number of hydrogen-bond donors (Lipinski definition) is 0. The maximum absolute atomic E-state index is 13.7. The van der Waals surface area contributed by atoms with Gasteiger partial charge in [-0.05, 0) is 47.5 Å². The number of nitrogens with zero attached hydrogens (tertiary/aromatic N) is 2. The summed E-state index contributed by atoms with van der Waals surface area (Å²) >= 11 is 0. The Morgan fingerprint density at radius 1 is 0.667 bits per heavy atom. The first kappa shape index (κ1) is 22.1. The van der Waals surface area contributed by atoms with Crippen LogP contribution in [0.25, 0.3) is 0 Å². The number of carbonyl (C=O) groups is 2. The van der Waals surface area contributed by atoms with Gasteiger partial charge in [-0.25, -0.2) is 9.96 Å². The Bertz CT molecular complexity index is 1360. The van der Waals surface area contributed by atoms with Gasteiger partial charge in [0.15, 0.2) is 6.10 Å². The molecule has 6 nitrogen and oxygen atoms in total. The Labute approximate surface area is 209 Å². The van der Waals surface area contributed by atoms with E-state index in [4.69, 9.17) is 9.57 Å². The topological polar surface area (TPSA) is 59.1 Å². The number of hydrogen-bond acceptors (Lipinski definition) is 5. The first-order valence-electron chi connectivity index (χ1n) is 11.9. The molecule has 0 bridgehead atoms. The number of benzene rings is 4. The van der Waals surface area contributed by atoms with Gasteiger partial charge < -0.3 is 4.74 Å². The van der Waals surface area contributed by atoms with Gasteiger partial charge in [-0.2, -0.15) is 0 Å². The summed E-state index contributed by atoms with van der Waals surface area (Å²) in [6.07, 6.45) is -0.892. The van der Waals surface area contributed by atoms with Crippen molar-refractivity contribution in [3.8, 4) is 5.75 Å². The number of para-hydroxylation sites is 2. The minimum Gasteiger partial charge on any atom is -0.489 e. The van der Waals surface area contributed by atoms with Gasteiger partial charge in [-0.3, -0.25) is 14.4 Å². The van der Waals surface area contributed by atoms with Crippen LogP contribution in [0, 0.1) is 5.92 Å². The van der Waals surface area contributed by atoms with Crippen molar-refractivity contribution in [1.29, 1.82) is 0 Å². The van der Waals surface area contributed by atoms with E-state index in [0.717, 1.165) is 22.6 Å². The van der Waals surface area contributed by atoms with Crippen molar-refractivity contribution in [2.24, 2.45) is 5.92 Å². The second-order valence-corrected chi connectivity index (χ2v) is 8.85. The molecule has 0 unspecified atom stereocenters. The molecule has 6 rings (SSSR count). The van der Waals surface area contributed by atoms with E-state index < -0.39 is 18.1 Å². The van der Waals surface area contributed by atoms with E-state index in [0.29, 0.717) is 12.3 Å². The molecule has 2 aliphatic heterocycles. The molecule has 4 aromatic rings. The van der Waals surface area contributed by atoms with Crippen molar-refractivity contribution < 1.29 is 19.2 Å². The Morgan fingerprint density at radius 3 is 1.89 bits per heavy atom. The van der Waals surface area contributed by atoms with Gasteiger partial charge in [0.1, 0.15) is 18.3 Å². The van der Waals surface area contributed by atoms with Crippen LogP contribution < -0.4 is 14.7 Å². The SMILES string of the molecule is O=C1[C@H]2[C@H](ON(c3ccccc3)[C@@H]2c2ccc(OCc3ccccc3)cc2)C(=O)N1c1ccccc1. The van der Waals surface area contributed by atoms with Gasteiger partial charge in [0.25, 0.3) is 5.91 Å². The van der Waals surface area contributed by atoms with Crippen LogP contribution in [-0.4, -0.2) is 17.9 Å². The molecule has 2 amide bonds. The lowest BCUT2D eigenvalue weighted by molar-refractivity contribution is -0.126. The monoisotopic (exact) mass is 476 g/mol. The van der Waals surface area contributed by atoms with Crippen LogP contribution in [0.5, 0.6) is 5.75 Å². The minimum atomic E-state index is -0.892. The normalized spacial score (nSPS) is 21.1. The van der Waals surface area contributed by atoms with E-state index in [2.05, 4.69) is 0 Å². The average molecular weight is 477 g/mol. The van der Waals surface area contributed by atoms with Gasteiger partial charge in [-0.1, -0.05) is 78.9 Å². The fourth-order valence-electron chi connectivity index (χ4n) is 4.89. The molecule has 6 heteroatoms.